The second-order valence-electron chi connectivity index (χ2n) is 5.88. The van der Waals surface area contributed by atoms with E-state index in [4.69, 9.17) is 0 Å². The van der Waals surface area contributed by atoms with E-state index in [2.05, 4.69) is 20.7 Å². The largest absolute Gasteiger partial charge is 0.391 e. The van der Waals surface area contributed by atoms with Crippen LogP contribution in [0.3, 0.4) is 0 Å². The third-order valence-electron chi connectivity index (χ3n) is 4.05. The molecule has 0 bridgehead atoms. The van der Waals surface area contributed by atoms with Gasteiger partial charge in [-0.15, -0.1) is 0 Å². The average molecular weight is 315 g/mol. The molecule has 0 radical (unpaired) electrons. The molecule has 2 atom stereocenters. The Morgan fingerprint density at radius 3 is 2.91 bits per heavy atom. The molecule has 1 saturated carbocycles. The molecule has 23 heavy (non-hydrogen) atoms. The molecule has 122 valence electrons. The fraction of sp³-hybridized carbons (Fsp3) is 0.438. The van der Waals surface area contributed by atoms with Crippen LogP contribution in [0.5, 0.6) is 0 Å². The average Bonchev–Trinajstić information content (AvgIpc) is 2.97. The fourth-order valence-electron chi connectivity index (χ4n) is 2.82. The van der Waals surface area contributed by atoms with E-state index in [1.54, 1.807) is 23.1 Å². The number of carbonyl (C=O) groups excluding carboxylic acids is 1. The van der Waals surface area contributed by atoms with Crippen molar-refractivity contribution in [3.8, 4) is 5.82 Å². The highest BCUT2D eigenvalue weighted by Crippen LogP contribution is 2.19. The van der Waals surface area contributed by atoms with E-state index in [0.29, 0.717) is 11.6 Å². The van der Waals surface area contributed by atoms with Crippen LogP contribution in [0.4, 0.5) is 10.6 Å². The molecular weight excluding hydrogens is 294 g/mol. The number of hydrogen-bond acceptors (Lipinski definition) is 4. The van der Waals surface area contributed by atoms with Crippen molar-refractivity contribution in [2.24, 2.45) is 0 Å². The predicted octanol–water partition coefficient (Wildman–Crippen LogP) is 2.00. The van der Waals surface area contributed by atoms with Gasteiger partial charge in [0.25, 0.3) is 0 Å². The summed E-state index contributed by atoms with van der Waals surface area (Å²) in [5.74, 6) is 1.17. The molecule has 0 spiro atoms. The van der Waals surface area contributed by atoms with Crippen molar-refractivity contribution in [2.75, 3.05) is 5.32 Å². The number of rotatable bonds is 3. The van der Waals surface area contributed by atoms with Gasteiger partial charge in [-0.1, -0.05) is 12.8 Å². The van der Waals surface area contributed by atoms with E-state index in [-0.39, 0.29) is 12.1 Å². The molecule has 2 heterocycles. The molecule has 0 aromatic carbocycles. The molecular formula is C16H21N5O2. The molecule has 0 saturated heterocycles. The number of anilines is 1. The summed E-state index contributed by atoms with van der Waals surface area (Å²) in [5, 5.41) is 19.8. The van der Waals surface area contributed by atoms with E-state index in [1.807, 2.05) is 19.1 Å². The van der Waals surface area contributed by atoms with Gasteiger partial charge in [-0.25, -0.2) is 9.78 Å². The molecule has 1 aliphatic carbocycles. The van der Waals surface area contributed by atoms with Gasteiger partial charge in [-0.3, -0.25) is 5.32 Å². The quantitative estimate of drug-likeness (QED) is 0.808. The monoisotopic (exact) mass is 315 g/mol. The number of pyridine rings is 1. The summed E-state index contributed by atoms with van der Waals surface area (Å²) in [6.07, 6.45) is 6.39. The first-order valence-electron chi connectivity index (χ1n) is 7.86. The standard InChI is InChI=1S/C16H21N5O2/c1-11-6-8-17-15(10-11)21-14(7-9-18-21)20-16(23)19-12-4-2-3-5-13(12)22/h6-10,12-13,22H,2-5H2,1H3,(H2,19,20,23). The third kappa shape index (κ3) is 3.68. The summed E-state index contributed by atoms with van der Waals surface area (Å²) in [4.78, 5) is 16.4. The Bertz CT molecular complexity index is 685. The Kier molecular flexibility index (Phi) is 4.57. The number of urea groups is 1. The Morgan fingerprint density at radius 2 is 2.13 bits per heavy atom. The zero-order valence-electron chi connectivity index (χ0n) is 13.1. The summed E-state index contributed by atoms with van der Waals surface area (Å²) in [7, 11) is 0. The van der Waals surface area contributed by atoms with E-state index in [9.17, 15) is 9.90 Å². The molecule has 2 aromatic heterocycles. The zero-order chi connectivity index (χ0) is 16.2. The van der Waals surface area contributed by atoms with Gasteiger partial charge in [-0.2, -0.15) is 9.78 Å². The lowest BCUT2D eigenvalue weighted by molar-refractivity contribution is 0.0955. The number of hydrogen-bond donors (Lipinski definition) is 3. The normalized spacial score (nSPS) is 21.0. The van der Waals surface area contributed by atoms with E-state index in [0.717, 1.165) is 31.2 Å². The molecule has 1 aliphatic rings. The minimum atomic E-state index is -0.474. The molecule has 7 heteroatoms. The lowest BCUT2D eigenvalue weighted by atomic mass is 9.93. The van der Waals surface area contributed by atoms with Crippen molar-refractivity contribution >= 4 is 11.8 Å². The highest BCUT2D eigenvalue weighted by atomic mass is 16.3. The predicted molar refractivity (Wildman–Crippen MR) is 86.5 cm³/mol. The van der Waals surface area contributed by atoms with Crippen molar-refractivity contribution in [1.82, 2.24) is 20.1 Å². The first-order valence-corrected chi connectivity index (χ1v) is 7.86. The van der Waals surface area contributed by atoms with Crippen LogP contribution in [-0.2, 0) is 0 Å². The van der Waals surface area contributed by atoms with Gasteiger partial charge >= 0.3 is 6.03 Å². The van der Waals surface area contributed by atoms with Crippen molar-refractivity contribution in [1.29, 1.82) is 0 Å². The second-order valence-corrected chi connectivity index (χ2v) is 5.88. The number of aromatic nitrogens is 3. The van der Waals surface area contributed by atoms with Crippen LogP contribution in [0, 0.1) is 6.92 Å². The number of carbonyl (C=O) groups is 1. The summed E-state index contributed by atoms with van der Waals surface area (Å²) in [6, 6.07) is 4.96. The van der Waals surface area contributed by atoms with Crippen molar-refractivity contribution in [3.63, 3.8) is 0 Å². The van der Waals surface area contributed by atoms with Crippen LogP contribution in [0.15, 0.2) is 30.6 Å². The van der Waals surface area contributed by atoms with Crippen LogP contribution in [0.25, 0.3) is 5.82 Å². The van der Waals surface area contributed by atoms with Gasteiger partial charge < -0.3 is 10.4 Å². The Morgan fingerprint density at radius 1 is 1.30 bits per heavy atom. The van der Waals surface area contributed by atoms with Crippen molar-refractivity contribution in [2.45, 2.75) is 44.8 Å². The molecule has 3 rings (SSSR count). The second kappa shape index (κ2) is 6.78. The summed E-state index contributed by atoms with van der Waals surface area (Å²) < 4.78 is 1.57. The number of aliphatic hydroxyl groups is 1. The number of nitrogens with one attached hydrogen (secondary N) is 2. The number of aryl methyl sites for hydroxylation is 1. The fourth-order valence-corrected chi connectivity index (χ4v) is 2.82. The van der Waals surface area contributed by atoms with Crippen LogP contribution in [0.1, 0.15) is 31.2 Å². The van der Waals surface area contributed by atoms with Crippen LogP contribution in [-0.4, -0.2) is 38.0 Å². The van der Waals surface area contributed by atoms with Gasteiger partial charge in [0.1, 0.15) is 5.82 Å². The van der Waals surface area contributed by atoms with Gasteiger partial charge in [0, 0.05) is 12.3 Å². The smallest absolute Gasteiger partial charge is 0.320 e. The summed E-state index contributed by atoms with van der Waals surface area (Å²) >= 11 is 0. The number of nitrogens with zero attached hydrogens (tertiary/aromatic N) is 3. The summed E-state index contributed by atoms with van der Waals surface area (Å²) in [5.41, 5.74) is 1.06. The summed E-state index contributed by atoms with van der Waals surface area (Å²) in [6.45, 7) is 1.97. The Labute approximate surface area is 134 Å². The first-order chi connectivity index (χ1) is 11.1. The lowest BCUT2D eigenvalue weighted by Gasteiger charge is -2.28. The van der Waals surface area contributed by atoms with Gasteiger partial charge in [0.2, 0.25) is 0 Å². The minimum absolute atomic E-state index is 0.197. The van der Waals surface area contributed by atoms with E-state index >= 15 is 0 Å². The van der Waals surface area contributed by atoms with Crippen LogP contribution in [0.2, 0.25) is 0 Å². The highest BCUT2D eigenvalue weighted by Gasteiger charge is 2.24. The van der Waals surface area contributed by atoms with E-state index < -0.39 is 6.10 Å². The molecule has 2 aromatic rings. The molecule has 2 unspecified atom stereocenters. The van der Waals surface area contributed by atoms with E-state index in [1.165, 1.54) is 0 Å². The Balaban J connectivity index is 1.69. The maximum Gasteiger partial charge on any atom is 0.320 e. The van der Waals surface area contributed by atoms with Crippen molar-refractivity contribution in [3.05, 3.63) is 36.2 Å². The SMILES string of the molecule is Cc1ccnc(-n2nccc2NC(=O)NC2CCCCC2O)c1. The molecule has 0 aliphatic heterocycles. The lowest BCUT2D eigenvalue weighted by Crippen LogP contribution is -2.46. The van der Waals surface area contributed by atoms with Gasteiger partial charge in [-0.05, 0) is 37.5 Å². The number of amides is 2. The third-order valence-corrected chi connectivity index (χ3v) is 4.05. The van der Waals surface area contributed by atoms with Crippen molar-refractivity contribution < 1.29 is 9.90 Å². The number of aliphatic hydroxyl groups excluding tert-OH is 1. The highest BCUT2D eigenvalue weighted by molar-refractivity contribution is 5.88. The molecule has 3 N–H and O–H groups in total. The van der Waals surface area contributed by atoms with Gasteiger partial charge in [0.15, 0.2) is 5.82 Å². The maximum absolute atomic E-state index is 12.2. The minimum Gasteiger partial charge on any atom is -0.391 e. The molecule has 7 nitrogen and oxygen atoms in total. The van der Waals surface area contributed by atoms with Crippen LogP contribution >= 0.6 is 0 Å². The van der Waals surface area contributed by atoms with Gasteiger partial charge in [0.05, 0.1) is 18.3 Å². The molecule has 1 fully saturated rings. The zero-order valence-corrected chi connectivity index (χ0v) is 13.1. The first kappa shape index (κ1) is 15.5. The Hall–Kier alpha value is -2.41. The van der Waals surface area contributed by atoms with Crippen LogP contribution < -0.4 is 10.6 Å². The molecule has 2 amide bonds. The topological polar surface area (TPSA) is 92.1 Å². The maximum atomic E-state index is 12.2.